The van der Waals surface area contributed by atoms with Gasteiger partial charge in [-0.15, -0.1) is 0 Å². The smallest absolute Gasteiger partial charge is 0.282 e. The summed E-state index contributed by atoms with van der Waals surface area (Å²) in [6, 6.07) is 1.64. The standard InChI is InChI=1S/C19H20F2N6O/c1-11-2-4-13(5-3-11)25-18(28)12-8-23-19(24-9-12)27-15-10-22-7-6-14(15)16(26-27)17(20)21/h6-11,13,17H,2-5H2,1H3,(H,25,28). The highest BCUT2D eigenvalue weighted by atomic mass is 19.3. The first-order valence-corrected chi connectivity index (χ1v) is 9.27. The third-order valence-electron chi connectivity index (χ3n) is 5.16. The number of halogens is 2. The maximum Gasteiger partial charge on any atom is 0.282 e. The summed E-state index contributed by atoms with van der Waals surface area (Å²) in [4.78, 5) is 24.7. The van der Waals surface area contributed by atoms with Gasteiger partial charge < -0.3 is 5.32 Å². The van der Waals surface area contributed by atoms with Crippen molar-refractivity contribution in [3.8, 4) is 5.95 Å². The predicted octanol–water partition coefficient (Wildman–Crippen LogP) is 3.46. The summed E-state index contributed by atoms with van der Waals surface area (Å²) in [6.45, 7) is 2.22. The van der Waals surface area contributed by atoms with Crippen molar-refractivity contribution in [2.75, 3.05) is 0 Å². The van der Waals surface area contributed by atoms with E-state index < -0.39 is 6.43 Å². The van der Waals surface area contributed by atoms with Gasteiger partial charge in [0.15, 0.2) is 0 Å². The Morgan fingerprint density at radius 2 is 1.89 bits per heavy atom. The van der Waals surface area contributed by atoms with Crippen molar-refractivity contribution >= 4 is 16.8 Å². The zero-order valence-electron chi connectivity index (χ0n) is 15.3. The van der Waals surface area contributed by atoms with E-state index in [9.17, 15) is 13.6 Å². The van der Waals surface area contributed by atoms with Gasteiger partial charge in [-0.3, -0.25) is 9.78 Å². The monoisotopic (exact) mass is 386 g/mol. The average molecular weight is 386 g/mol. The molecular formula is C19H20F2N6O. The second-order valence-corrected chi connectivity index (χ2v) is 7.19. The van der Waals surface area contributed by atoms with Gasteiger partial charge in [0.2, 0.25) is 0 Å². The Morgan fingerprint density at radius 3 is 2.57 bits per heavy atom. The number of alkyl halides is 2. The zero-order chi connectivity index (χ0) is 19.7. The van der Waals surface area contributed by atoms with Gasteiger partial charge in [0.25, 0.3) is 18.3 Å². The van der Waals surface area contributed by atoms with Gasteiger partial charge in [-0.2, -0.15) is 9.78 Å². The van der Waals surface area contributed by atoms with Crippen LogP contribution in [0.5, 0.6) is 0 Å². The van der Waals surface area contributed by atoms with E-state index in [-0.39, 0.29) is 23.6 Å². The Labute approximate surface area is 160 Å². The van der Waals surface area contributed by atoms with Crippen LogP contribution in [0.25, 0.3) is 16.9 Å². The topological polar surface area (TPSA) is 85.6 Å². The highest BCUT2D eigenvalue weighted by Crippen LogP contribution is 2.27. The van der Waals surface area contributed by atoms with Crippen LogP contribution in [-0.2, 0) is 0 Å². The fourth-order valence-corrected chi connectivity index (χ4v) is 3.52. The lowest BCUT2D eigenvalue weighted by Crippen LogP contribution is -2.37. The molecule has 4 rings (SSSR count). The second kappa shape index (κ2) is 7.57. The van der Waals surface area contributed by atoms with Crippen molar-refractivity contribution in [1.82, 2.24) is 30.0 Å². The molecule has 3 aromatic rings. The highest BCUT2D eigenvalue weighted by molar-refractivity contribution is 5.93. The number of rotatable bonds is 4. The van der Waals surface area contributed by atoms with Crippen LogP contribution in [0.4, 0.5) is 8.78 Å². The lowest BCUT2D eigenvalue weighted by Gasteiger charge is -2.26. The first-order valence-electron chi connectivity index (χ1n) is 9.27. The lowest BCUT2D eigenvalue weighted by atomic mass is 9.87. The molecule has 0 aliphatic heterocycles. The number of hydrogen-bond donors (Lipinski definition) is 1. The molecule has 0 spiro atoms. The van der Waals surface area contributed by atoms with E-state index in [0.29, 0.717) is 22.4 Å². The fraction of sp³-hybridized carbons (Fsp3) is 0.421. The molecule has 3 aromatic heterocycles. The van der Waals surface area contributed by atoms with Gasteiger partial charge in [-0.25, -0.2) is 18.7 Å². The summed E-state index contributed by atoms with van der Waals surface area (Å²) in [5.41, 5.74) is 0.353. The molecule has 28 heavy (non-hydrogen) atoms. The number of carbonyl (C=O) groups is 1. The van der Waals surface area contributed by atoms with E-state index in [2.05, 4.69) is 32.3 Å². The van der Waals surface area contributed by atoms with Gasteiger partial charge in [-0.05, 0) is 37.7 Å². The summed E-state index contributed by atoms with van der Waals surface area (Å²) in [5.74, 6) is 0.576. The number of nitrogens with one attached hydrogen (secondary N) is 1. The summed E-state index contributed by atoms with van der Waals surface area (Å²) in [7, 11) is 0. The van der Waals surface area contributed by atoms with Gasteiger partial charge in [0.1, 0.15) is 5.69 Å². The van der Waals surface area contributed by atoms with Crippen LogP contribution in [0.2, 0.25) is 0 Å². The zero-order valence-corrected chi connectivity index (χ0v) is 15.3. The van der Waals surface area contributed by atoms with Crippen LogP contribution >= 0.6 is 0 Å². The van der Waals surface area contributed by atoms with Crippen molar-refractivity contribution < 1.29 is 13.6 Å². The second-order valence-electron chi connectivity index (χ2n) is 7.19. The van der Waals surface area contributed by atoms with Gasteiger partial charge >= 0.3 is 0 Å². The molecule has 0 unspecified atom stereocenters. The average Bonchev–Trinajstić information content (AvgIpc) is 3.10. The lowest BCUT2D eigenvalue weighted by molar-refractivity contribution is 0.0922. The molecular weight excluding hydrogens is 366 g/mol. The molecule has 3 heterocycles. The molecule has 146 valence electrons. The Hall–Kier alpha value is -2.97. The molecule has 7 nitrogen and oxygen atoms in total. The van der Waals surface area contributed by atoms with Crippen LogP contribution in [0, 0.1) is 5.92 Å². The summed E-state index contributed by atoms with van der Waals surface area (Å²) >= 11 is 0. The SMILES string of the molecule is CC1CCC(NC(=O)c2cnc(-n3nc(C(F)F)c4ccncc43)nc2)CC1. The molecule has 9 heteroatoms. The molecule has 0 bridgehead atoms. The molecule has 1 fully saturated rings. The quantitative estimate of drug-likeness (QED) is 0.742. The number of amides is 1. The maximum atomic E-state index is 13.3. The minimum absolute atomic E-state index is 0.105. The van der Waals surface area contributed by atoms with E-state index in [1.807, 2.05) is 0 Å². The third kappa shape index (κ3) is 3.56. The first-order chi connectivity index (χ1) is 13.5. The molecule has 1 amide bonds. The fourth-order valence-electron chi connectivity index (χ4n) is 3.52. The van der Waals surface area contributed by atoms with Crippen LogP contribution in [0.1, 0.15) is 55.1 Å². The Bertz CT molecular complexity index is 980. The first kappa shape index (κ1) is 18.4. The number of carbonyl (C=O) groups excluding carboxylic acids is 1. The molecule has 0 radical (unpaired) electrons. The van der Waals surface area contributed by atoms with E-state index >= 15 is 0 Å². The van der Waals surface area contributed by atoms with Crippen molar-refractivity contribution in [1.29, 1.82) is 0 Å². The summed E-state index contributed by atoms with van der Waals surface area (Å²) in [6.07, 6.45) is 7.05. The minimum atomic E-state index is -2.73. The Kier molecular flexibility index (Phi) is 4.97. The number of pyridine rings is 1. The van der Waals surface area contributed by atoms with E-state index in [4.69, 9.17) is 0 Å². The molecule has 0 saturated heterocycles. The third-order valence-corrected chi connectivity index (χ3v) is 5.16. The van der Waals surface area contributed by atoms with E-state index in [1.165, 1.54) is 35.5 Å². The molecule has 1 saturated carbocycles. The number of fused-ring (bicyclic) bond motifs is 1. The molecule has 1 N–H and O–H groups in total. The molecule has 1 aliphatic rings. The number of nitrogens with zero attached hydrogens (tertiary/aromatic N) is 5. The summed E-state index contributed by atoms with van der Waals surface area (Å²) in [5, 5.41) is 7.24. The predicted molar refractivity (Wildman–Crippen MR) is 98.3 cm³/mol. The molecule has 1 aliphatic carbocycles. The number of hydrogen-bond acceptors (Lipinski definition) is 5. The van der Waals surface area contributed by atoms with E-state index in [0.717, 1.165) is 25.7 Å². The molecule has 0 aromatic carbocycles. The molecule has 0 atom stereocenters. The Balaban J connectivity index is 1.55. The van der Waals surface area contributed by atoms with Crippen LogP contribution < -0.4 is 5.32 Å². The van der Waals surface area contributed by atoms with Crippen molar-refractivity contribution in [3.63, 3.8) is 0 Å². The normalized spacial score (nSPS) is 19.9. The van der Waals surface area contributed by atoms with Crippen LogP contribution in [0.3, 0.4) is 0 Å². The maximum absolute atomic E-state index is 13.3. The summed E-state index contributed by atoms with van der Waals surface area (Å²) < 4.78 is 27.7. The van der Waals surface area contributed by atoms with E-state index in [1.54, 1.807) is 0 Å². The largest absolute Gasteiger partial charge is 0.349 e. The van der Waals surface area contributed by atoms with Gasteiger partial charge in [-0.1, -0.05) is 6.92 Å². The highest BCUT2D eigenvalue weighted by Gasteiger charge is 2.22. The Morgan fingerprint density at radius 1 is 1.18 bits per heavy atom. The van der Waals surface area contributed by atoms with Gasteiger partial charge in [0, 0.05) is 30.0 Å². The number of aromatic nitrogens is 5. The van der Waals surface area contributed by atoms with Crippen LogP contribution in [0.15, 0.2) is 30.9 Å². The minimum Gasteiger partial charge on any atom is -0.349 e. The van der Waals surface area contributed by atoms with Crippen molar-refractivity contribution in [2.24, 2.45) is 5.92 Å². The van der Waals surface area contributed by atoms with Crippen LogP contribution in [-0.4, -0.2) is 36.7 Å². The van der Waals surface area contributed by atoms with Crippen molar-refractivity contribution in [3.05, 3.63) is 42.1 Å². The van der Waals surface area contributed by atoms with Crippen molar-refractivity contribution in [2.45, 2.75) is 45.1 Å². The van der Waals surface area contributed by atoms with Gasteiger partial charge in [0.05, 0.1) is 17.3 Å².